The van der Waals surface area contributed by atoms with Crippen LogP contribution in [0.3, 0.4) is 0 Å². The van der Waals surface area contributed by atoms with Crippen molar-refractivity contribution >= 4 is 11.8 Å². The van der Waals surface area contributed by atoms with Gasteiger partial charge in [0.1, 0.15) is 11.6 Å². The molecule has 1 saturated heterocycles. The molecule has 5 nitrogen and oxygen atoms in total. The molecule has 0 saturated carbocycles. The van der Waals surface area contributed by atoms with Gasteiger partial charge in [-0.15, -0.1) is 0 Å². The summed E-state index contributed by atoms with van der Waals surface area (Å²) in [6.07, 6.45) is 1.31. The molecule has 1 aliphatic rings. The highest BCUT2D eigenvalue weighted by atomic mass is 19.1. The first kappa shape index (κ1) is 15.4. The fraction of sp³-hybridized carbons (Fsp3) is 0.429. The summed E-state index contributed by atoms with van der Waals surface area (Å²) in [6.45, 7) is 1.48. The van der Waals surface area contributed by atoms with Gasteiger partial charge in [0.25, 0.3) is 5.91 Å². The van der Waals surface area contributed by atoms with E-state index < -0.39 is 17.5 Å². The van der Waals surface area contributed by atoms with Gasteiger partial charge < -0.3 is 11.1 Å². The van der Waals surface area contributed by atoms with Crippen LogP contribution in [0.25, 0.3) is 0 Å². The van der Waals surface area contributed by atoms with E-state index in [4.69, 9.17) is 5.73 Å². The number of hydrogen-bond donors (Lipinski definition) is 2. The van der Waals surface area contributed by atoms with Crippen molar-refractivity contribution in [3.63, 3.8) is 0 Å². The molecular weight excluding hydrogens is 280 g/mol. The van der Waals surface area contributed by atoms with E-state index in [0.717, 1.165) is 12.1 Å². The van der Waals surface area contributed by atoms with Crippen LogP contribution in [0.4, 0.5) is 8.78 Å². The third kappa shape index (κ3) is 4.22. The zero-order chi connectivity index (χ0) is 15.4. The second-order valence-corrected chi connectivity index (χ2v) is 5.11. The van der Waals surface area contributed by atoms with E-state index in [1.807, 2.05) is 4.90 Å². The van der Waals surface area contributed by atoms with Crippen molar-refractivity contribution in [3.8, 4) is 0 Å². The van der Waals surface area contributed by atoms with E-state index in [2.05, 4.69) is 5.32 Å². The van der Waals surface area contributed by atoms with Crippen molar-refractivity contribution in [2.24, 2.45) is 5.73 Å². The molecular formula is C14H17F2N3O2. The fourth-order valence-corrected chi connectivity index (χ4v) is 2.39. The first-order valence-corrected chi connectivity index (χ1v) is 6.72. The Hall–Kier alpha value is -2.02. The largest absolute Gasteiger partial charge is 0.369 e. The monoisotopic (exact) mass is 297 g/mol. The van der Waals surface area contributed by atoms with Gasteiger partial charge in [0.05, 0.1) is 12.1 Å². The Morgan fingerprint density at radius 2 is 1.95 bits per heavy atom. The van der Waals surface area contributed by atoms with Crippen LogP contribution in [0.2, 0.25) is 0 Å². The van der Waals surface area contributed by atoms with E-state index in [0.29, 0.717) is 32.0 Å². The van der Waals surface area contributed by atoms with Crippen LogP contribution in [0.1, 0.15) is 23.2 Å². The number of nitrogens with one attached hydrogen (secondary N) is 1. The Morgan fingerprint density at radius 3 is 2.52 bits per heavy atom. The van der Waals surface area contributed by atoms with E-state index >= 15 is 0 Å². The maximum atomic E-state index is 13.5. The summed E-state index contributed by atoms with van der Waals surface area (Å²) in [4.78, 5) is 24.7. The van der Waals surface area contributed by atoms with Gasteiger partial charge in [-0.2, -0.15) is 0 Å². The van der Waals surface area contributed by atoms with Crippen molar-refractivity contribution < 1.29 is 18.4 Å². The van der Waals surface area contributed by atoms with Gasteiger partial charge in [0, 0.05) is 25.2 Å². The van der Waals surface area contributed by atoms with Crippen LogP contribution in [0.5, 0.6) is 0 Å². The van der Waals surface area contributed by atoms with E-state index in [1.165, 1.54) is 0 Å². The van der Waals surface area contributed by atoms with Gasteiger partial charge in [-0.05, 0) is 25.0 Å². The number of nitrogens with two attached hydrogens (primary N) is 1. The molecule has 2 amide bonds. The minimum Gasteiger partial charge on any atom is -0.369 e. The predicted molar refractivity (Wildman–Crippen MR) is 72.5 cm³/mol. The molecule has 0 bridgehead atoms. The van der Waals surface area contributed by atoms with E-state index in [1.54, 1.807) is 0 Å². The second kappa shape index (κ2) is 6.62. The van der Waals surface area contributed by atoms with Gasteiger partial charge in [0.15, 0.2) is 0 Å². The highest BCUT2D eigenvalue weighted by Gasteiger charge is 2.23. The first-order chi connectivity index (χ1) is 9.95. The summed E-state index contributed by atoms with van der Waals surface area (Å²) in [6, 6.07) is 2.77. The maximum absolute atomic E-state index is 13.5. The Morgan fingerprint density at radius 1 is 1.29 bits per heavy atom. The summed E-state index contributed by atoms with van der Waals surface area (Å²) >= 11 is 0. The Kier molecular flexibility index (Phi) is 4.85. The number of amides is 2. The Bertz CT molecular complexity index is 543. The molecule has 0 radical (unpaired) electrons. The van der Waals surface area contributed by atoms with E-state index in [9.17, 15) is 18.4 Å². The average Bonchev–Trinajstić information content (AvgIpc) is 2.40. The molecule has 0 aliphatic carbocycles. The third-order valence-electron chi connectivity index (χ3n) is 3.48. The molecule has 21 heavy (non-hydrogen) atoms. The molecule has 0 spiro atoms. The molecule has 1 heterocycles. The van der Waals surface area contributed by atoms with Crippen LogP contribution >= 0.6 is 0 Å². The van der Waals surface area contributed by atoms with Crippen molar-refractivity contribution in [1.82, 2.24) is 10.2 Å². The van der Waals surface area contributed by atoms with Gasteiger partial charge in [-0.3, -0.25) is 14.5 Å². The number of carbonyl (C=O) groups is 2. The lowest BCUT2D eigenvalue weighted by atomic mass is 10.0. The SMILES string of the molecule is NC(=O)CN1CCC(NC(=O)c2ccc(F)cc2F)CC1. The van der Waals surface area contributed by atoms with Crippen LogP contribution in [-0.4, -0.2) is 42.4 Å². The number of halogens is 2. The van der Waals surface area contributed by atoms with Gasteiger partial charge >= 0.3 is 0 Å². The van der Waals surface area contributed by atoms with Gasteiger partial charge in [-0.25, -0.2) is 8.78 Å². The standard InChI is InChI=1S/C14H17F2N3O2/c15-9-1-2-11(12(16)7-9)14(21)18-10-3-5-19(6-4-10)8-13(17)20/h1-2,7,10H,3-6,8H2,(H2,17,20)(H,18,21). The molecule has 0 atom stereocenters. The summed E-state index contributed by atoms with van der Waals surface area (Å²) < 4.78 is 26.3. The van der Waals surface area contributed by atoms with Crippen LogP contribution < -0.4 is 11.1 Å². The van der Waals surface area contributed by atoms with Crippen molar-refractivity contribution in [3.05, 3.63) is 35.4 Å². The summed E-state index contributed by atoms with van der Waals surface area (Å²) in [5, 5.41) is 2.73. The zero-order valence-corrected chi connectivity index (χ0v) is 11.4. The highest BCUT2D eigenvalue weighted by molar-refractivity contribution is 5.94. The number of carbonyl (C=O) groups excluding carboxylic acids is 2. The number of primary amides is 1. The summed E-state index contributed by atoms with van der Waals surface area (Å²) in [5.74, 6) is -2.53. The molecule has 0 unspecified atom stereocenters. The fourth-order valence-electron chi connectivity index (χ4n) is 2.39. The minimum atomic E-state index is -0.876. The highest BCUT2D eigenvalue weighted by Crippen LogP contribution is 2.13. The lowest BCUT2D eigenvalue weighted by Crippen LogP contribution is -2.46. The van der Waals surface area contributed by atoms with Crippen molar-refractivity contribution in [1.29, 1.82) is 0 Å². The second-order valence-electron chi connectivity index (χ2n) is 5.11. The number of nitrogens with zero attached hydrogens (tertiary/aromatic N) is 1. The Balaban J connectivity index is 1.88. The first-order valence-electron chi connectivity index (χ1n) is 6.72. The van der Waals surface area contributed by atoms with Crippen molar-refractivity contribution in [2.45, 2.75) is 18.9 Å². The van der Waals surface area contributed by atoms with Crippen molar-refractivity contribution in [2.75, 3.05) is 19.6 Å². The molecule has 3 N–H and O–H groups in total. The van der Waals surface area contributed by atoms with Crippen LogP contribution in [0, 0.1) is 11.6 Å². The van der Waals surface area contributed by atoms with E-state index in [-0.39, 0.29) is 24.1 Å². The van der Waals surface area contributed by atoms with Gasteiger partial charge in [0.2, 0.25) is 5.91 Å². The number of likely N-dealkylation sites (tertiary alicyclic amines) is 1. The zero-order valence-electron chi connectivity index (χ0n) is 11.4. The predicted octanol–water partition coefficient (Wildman–Crippen LogP) is 0.644. The van der Waals surface area contributed by atoms with Crippen LogP contribution in [-0.2, 0) is 4.79 Å². The molecule has 7 heteroatoms. The number of benzene rings is 1. The summed E-state index contributed by atoms with van der Waals surface area (Å²) in [7, 11) is 0. The molecule has 1 fully saturated rings. The number of piperidine rings is 1. The average molecular weight is 297 g/mol. The third-order valence-corrected chi connectivity index (χ3v) is 3.48. The Labute approximate surface area is 121 Å². The van der Waals surface area contributed by atoms with Gasteiger partial charge in [-0.1, -0.05) is 0 Å². The smallest absolute Gasteiger partial charge is 0.254 e. The van der Waals surface area contributed by atoms with Crippen LogP contribution in [0.15, 0.2) is 18.2 Å². The lowest BCUT2D eigenvalue weighted by Gasteiger charge is -2.31. The maximum Gasteiger partial charge on any atom is 0.254 e. The summed E-state index contributed by atoms with van der Waals surface area (Å²) in [5.41, 5.74) is 4.95. The quantitative estimate of drug-likeness (QED) is 0.856. The molecule has 1 aliphatic heterocycles. The normalized spacial score (nSPS) is 16.7. The molecule has 114 valence electrons. The molecule has 2 rings (SSSR count). The molecule has 1 aromatic rings. The topological polar surface area (TPSA) is 75.4 Å². The lowest BCUT2D eigenvalue weighted by molar-refractivity contribution is -0.119. The minimum absolute atomic E-state index is 0.0916. The molecule has 1 aromatic carbocycles. The number of hydrogen-bond acceptors (Lipinski definition) is 3. The number of rotatable bonds is 4. The molecule has 0 aromatic heterocycles.